The minimum absolute atomic E-state index is 0.0962. The first-order valence-electron chi connectivity index (χ1n) is 8.76. The van der Waals surface area contributed by atoms with Gasteiger partial charge < -0.3 is 10.1 Å². The third-order valence-corrected chi connectivity index (χ3v) is 3.55. The minimum atomic E-state index is -0.144. The van der Waals surface area contributed by atoms with Crippen molar-refractivity contribution >= 4 is 11.9 Å². The Bertz CT molecular complexity index is 303. The first-order valence-corrected chi connectivity index (χ1v) is 8.76. The highest BCUT2D eigenvalue weighted by molar-refractivity contribution is 5.86. The van der Waals surface area contributed by atoms with Gasteiger partial charge in [0.1, 0.15) is 0 Å². The van der Waals surface area contributed by atoms with Gasteiger partial charge in [-0.3, -0.25) is 9.59 Å². The first kappa shape index (κ1) is 20.7. The highest BCUT2D eigenvalue weighted by Crippen LogP contribution is 2.07. The molecule has 0 fully saturated rings. The maximum atomic E-state index is 11.5. The van der Waals surface area contributed by atoms with E-state index in [4.69, 9.17) is 4.74 Å². The number of rotatable bonds is 15. The van der Waals surface area contributed by atoms with Crippen molar-refractivity contribution in [3.63, 3.8) is 0 Å². The molecule has 0 saturated heterocycles. The van der Waals surface area contributed by atoms with E-state index in [0.29, 0.717) is 19.6 Å². The van der Waals surface area contributed by atoms with Crippen molar-refractivity contribution in [3.8, 4) is 0 Å². The summed E-state index contributed by atoms with van der Waals surface area (Å²) in [7, 11) is 0. The lowest BCUT2D eigenvalue weighted by Crippen LogP contribution is -2.21. The predicted octanol–water partition coefficient (Wildman–Crippen LogP) is 4.14. The van der Waals surface area contributed by atoms with E-state index in [1.807, 2.05) is 0 Å². The van der Waals surface area contributed by atoms with Crippen molar-refractivity contribution < 1.29 is 14.3 Å². The molecule has 0 rings (SSSR count). The zero-order valence-electron chi connectivity index (χ0n) is 14.2. The van der Waals surface area contributed by atoms with E-state index in [1.165, 1.54) is 38.2 Å². The number of hydrogen-bond acceptors (Lipinski definition) is 3. The van der Waals surface area contributed by atoms with Gasteiger partial charge in [-0.1, -0.05) is 58.4 Å². The standard InChI is InChI=1S/C18H33NO3/c1-3-5-6-7-8-9-13-16-22-18(21)14-11-10-12-15-19-17(20)4-2/h4H,2-3,5-16H2,1H3,(H,19,20). The molecule has 4 heteroatoms. The molecule has 0 aromatic rings. The van der Waals surface area contributed by atoms with Crippen LogP contribution in [0.15, 0.2) is 12.7 Å². The number of carbonyl (C=O) groups excluding carboxylic acids is 2. The summed E-state index contributed by atoms with van der Waals surface area (Å²) < 4.78 is 5.21. The summed E-state index contributed by atoms with van der Waals surface area (Å²) in [6, 6.07) is 0. The predicted molar refractivity (Wildman–Crippen MR) is 90.6 cm³/mol. The van der Waals surface area contributed by atoms with Crippen LogP contribution >= 0.6 is 0 Å². The molecule has 0 atom stereocenters. The molecule has 128 valence electrons. The topological polar surface area (TPSA) is 55.4 Å². The van der Waals surface area contributed by atoms with Gasteiger partial charge in [0.25, 0.3) is 0 Å². The van der Waals surface area contributed by atoms with Crippen molar-refractivity contribution in [3.05, 3.63) is 12.7 Å². The Balaban J connectivity index is 3.23. The molecule has 0 aliphatic heterocycles. The zero-order valence-corrected chi connectivity index (χ0v) is 14.2. The number of amides is 1. The molecule has 1 amide bonds. The number of carbonyl (C=O) groups is 2. The summed E-state index contributed by atoms with van der Waals surface area (Å²) in [6.07, 6.45) is 13.0. The molecule has 0 aliphatic rings. The maximum absolute atomic E-state index is 11.5. The Morgan fingerprint density at radius 2 is 1.59 bits per heavy atom. The van der Waals surface area contributed by atoms with Gasteiger partial charge in [-0.15, -0.1) is 0 Å². The van der Waals surface area contributed by atoms with Crippen LogP contribution < -0.4 is 5.32 Å². The molecule has 0 spiro atoms. The monoisotopic (exact) mass is 311 g/mol. The number of nitrogens with one attached hydrogen (secondary N) is 1. The van der Waals surface area contributed by atoms with Crippen molar-refractivity contribution in [1.29, 1.82) is 0 Å². The van der Waals surface area contributed by atoms with Crippen molar-refractivity contribution in [2.24, 2.45) is 0 Å². The Hall–Kier alpha value is -1.32. The van der Waals surface area contributed by atoms with Crippen LogP contribution in [0.25, 0.3) is 0 Å². The van der Waals surface area contributed by atoms with Crippen molar-refractivity contribution in [2.75, 3.05) is 13.2 Å². The molecule has 1 N–H and O–H groups in total. The van der Waals surface area contributed by atoms with E-state index in [2.05, 4.69) is 18.8 Å². The molecule has 0 radical (unpaired) electrons. The normalized spacial score (nSPS) is 10.2. The van der Waals surface area contributed by atoms with Crippen LogP contribution in [-0.4, -0.2) is 25.0 Å². The smallest absolute Gasteiger partial charge is 0.305 e. The minimum Gasteiger partial charge on any atom is -0.466 e. The van der Waals surface area contributed by atoms with E-state index in [9.17, 15) is 9.59 Å². The molecule has 4 nitrogen and oxygen atoms in total. The highest BCUT2D eigenvalue weighted by Gasteiger charge is 2.02. The average Bonchev–Trinajstić information content (AvgIpc) is 2.52. The van der Waals surface area contributed by atoms with Crippen LogP contribution in [-0.2, 0) is 14.3 Å². The Kier molecular flexibility index (Phi) is 15.1. The van der Waals surface area contributed by atoms with Gasteiger partial charge >= 0.3 is 5.97 Å². The molecule has 0 unspecified atom stereocenters. The summed E-state index contributed by atoms with van der Waals surface area (Å²) in [5.74, 6) is -0.241. The zero-order chi connectivity index (χ0) is 16.5. The summed E-state index contributed by atoms with van der Waals surface area (Å²) in [6.45, 7) is 6.80. The lowest BCUT2D eigenvalue weighted by molar-refractivity contribution is -0.143. The molecular formula is C18H33NO3. The second kappa shape index (κ2) is 16.1. The van der Waals surface area contributed by atoms with Gasteiger partial charge in [-0.2, -0.15) is 0 Å². The van der Waals surface area contributed by atoms with Gasteiger partial charge in [-0.25, -0.2) is 0 Å². The third-order valence-electron chi connectivity index (χ3n) is 3.55. The largest absolute Gasteiger partial charge is 0.466 e. The SMILES string of the molecule is C=CC(=O)NCCCCCC(=O)OCCCCCCCCC. The molecule has 0 aromatic carbocycles. The number of hydrogen-bond donors (Lipinski definition) is 1. The van der Waals surface area contributed by atoms with Crippen LogP contribution in [0.2, 0.25) is 0 Å². The molecule has 0 aromatic heterocycles. The van der Waals surface area contributed by atoms with Gasteiger partial charge in [0.15, 0.2) is 0 Å². The summed E-state index contributed by atoms with van der Waals surface area (Å²) in [5.41, 5.74) is 0. The number of esters is 1. The van der Waals surface area contributed by atoms with E-state index in [0.717, 1.165) is 32.1 Å². The Morgan fingerprint density at radius 1 is 0.955 bits per heavy atom. The van der Waals surface area contributed by atoms with Crippen molar-refractivity contribution in [2.45, 2.75) is 77.6 Å². The van der Waals surface area contributed by atoms with Gasteiger partial charge in [-0.05, 0) is 25.3 Å². The van der Waals surface area contributed by atoms with Crippen molar-refractivity contribution in [1.82, 2.24) is 5.32 Å². The quantitative estimate of drug-likeness (QED) is 0.281. The van der Waals surface area contributed by atoms with E-state index < -0.39 is 0 Å². The third kappa shape index (κ3) is 15.1. The lowest BCUT2D eigenvalue weighted by Gasteiger charge is -2.05. The fourth-order valence-electron chi connectivity index (χ4n) is 2.17. The number of ether oxygens (including phenoxy) is 1. The molecule has 0 heterocycles. The fraction of sp³-hybridized carbons (Fsp3) is 0.778. The molecule has 22 heavy (non-hydrogen) atoms. The summed E-state index contributed by atoms with van der Waals surface area (Å²) in [5, 5.41) is 2.71. The van der Waals surface area contributed by atoms with Gasteiger partial charge in [0, 0.05) is 13.0 Å². The van der Waals surface area contributed by atoms with Crippen LogP contribution in [0.4, 0.5) is 0 Å². The number of unbranched alkanes of at least 4 members (excludes halogenated alkanes) is 8. The molecule has 0 aliphatic carbocycles. The lowest BCUT2D eigenvalue weighted by atomic mass is 10.1. The van der Waals surface area contributed by atoms with E-state index in [-0.39, 0.29) is 11.9 Å². The highest BCUT2D eigenvalue weighted by atomic mass is 16.5. The van der Waals surface area contributed by atoms with E-state index >= 15 is 0 Å². The van der Waals surface area contributed by atoms with Gasteiger partial charge in [0.2, 0.25) is 5.91 Å². The van der Waals surface area contributed by atoms with Crippen LogP contribution in [0.1, 0.15) is 77.6 Å². The summed E-state index contributed by atoms with van der Waals surface area (Å²) in [4.78, 5) is 22.4. The second-order valence-corrected chi connectivity index (χ2v) is 5.65. The van der Waals surface area contributed by atoms with Gasteiger partial charge in [0.05, 0.1) is 6.61 Å². The molecule has 0 bridgehead atoms. The second-order valence-electron chi connectivity index (χ2n) is 5.65. The van der Waals surface area contributed by atoms with Crippen LogP contribution in [0.5, 0.6) is 0 Å². The summed E-state index contributed by atoms with van der Waals surface area (Å²) >= 11 is 0. The fourth-order valence-corrected chi connectivity index (χ4v) is 2.17. The van der Waals surface area contributed by atoms with Crippen LogP contribution in [0, 0.1) is 0 Å². The maximum Gasteiger partial charge on any atom is 0.305 e. The Labute approximate surface area is 135 Å². The molecular weight excluding hydrogens is 278 g/mol. The first-order chi connectivity index (χ1) is 10.7. The average molecular weight is 311 g/mol. The molecule has 0 saturated carbocycles. The van der Waals surface area contributed by atoms with E-state index in [1.54, 1.807) is 0 Å². The van der Waals surface area contributed by atoms with Crippen LogP contribution in [0.3, 0.4) is 0 Å². The Morgan fingerprint density at radius 3 is 2.27 bits per heavy atom.